The van der Waals surface area contributed by atoms with Crippen molar-refractivity contribution in [1.82, 2.24) is 10.2 Å². The monoisotopic (exact) mass is 272 g/mol. The molecule has 1 aromatic rings. The average molecular weight is 272 g/mol. The highest BCUT2D eigenvalue weighted by Gasteiger charge is 2.50. The van der Waals surface area contributed by atoms with Crippen LogP contribution in [0.3, 0.4) is 0 Å². The number of aryl methyl sites for hydroxylation is 1. The number of aromatic nitrogens is 2. The lowest BCUT2D eigenvalue weighted by Gasteiger charge is -2.57. The fourth-order valence-corrected chi connectivity index (χ4v) is 5.71. The largest absolute Gasteiger partial charge is 0.307 e. The minimum atomic E-state index is 0.524. The van der Waals surface area contributed by atoms with Gasteiger partial charge in [0.1, 0.15) is 0 Å². The third-order valence-corrected chi connectivity index (χ3v) is 5.86. The topological polar surface area (TPSA) is 63.8 Å². The van der Waals surface area contributed by atoms with Gasteiger partial charge in [0.2, 0.25) is 0 Å². The molecule has 4 aliphatic rings. The molecule has 3 N–H and O–H groups in total. The summed E-state index contributed by atoms with van der Waals surface area (Å²) in [5.41, 5.74) is 5.51. The summed E-state index contributed by atoms with van der Waals surface area (Å²) in [6, 6.07) is 2.17. The van der Waals surface area contributed by atoms with Crippen LogP contribution in [0.15, 0.2) is 6.07 Å². The second-order valence-corrected chi connectivity index (χ2v) is 7.60. The Labute approximate surface area is 120 Å². The van der Waals surface area contributed by atoms with E-state index in [1.54, 1.807) is 0 Å². The molecule has 4 heteroatoms. The van der Waals surface area contributed by atoms with Gasteiger partial charge < -0.3 is 5.43 Å². The Morgan fingerprint density at radius 3 is 2.30 bits per heavy atom. The van der Waals surface area contributed by atoms with E-state index < -0.39 is 0 Å². The molecule has 4 nitrogen and oxygen atoms in total. The van der Waals surface area contributed by atoms with E-state index in [9.17, 15) is 0 Å². The molecule has 108 valence electrons. The van der Waals surface area contributed by atoms with Crippen LogP contribution >= 0.6 is 0 Å². The maximum absolute atomic E-state index is 5.62. The van der Waals surface area contributed by atoms with Gasteiger partial charge in [-0.1, -0.05) is 0 Å². The van der Waals surface area contributed by atoms with Crippen molar-refractivity contribution in [3.63, 3.8) is 0 Å². The molecule has 0 aromatic carbocycles. The second kappa shape index (κ2) is 4.42. The number of nitrogen functional groups attached to an aromatic ring is 1. The third-order valence-electron chi connectivity index (χ3n) is 5.86. The standard InChI is InChI=1S/C16H24N4/c1-10-2-14(15(18-17)20-19-10)9-16-6-11-3-12(7-16)5-13(4-11)8-16/h2,11-13H,3-9,17H2,1H3,(H,18,20). The fourth-order valence-electron chi connectivity index (χ4n) is 5.71. The summed E-state index contributed by atoms with van der Waals surface area (Å²) in [5.74, 6) is 9.36. The van der Waals surface area contributed by atoms with Gasteiger partial charge in [0.05, 0.1) is 5.69 Å². The van der Waals surface area contributed by atoms with Gasteiger partial charge in [-0.2, -0.15) is 5.10 Å². The number of rotatable bonds is 3. The van der Waals surface area contributed by atoms with E-state index in [4.69, 9.17) is 5.84 Å². The Balaban J connectivity index is 1.64. The number of anilines is 1. The van der Waals surface area contributed by atoms with Crippen molar-refractivity contribution in [3.05, 3.63) is 17.3 Å². The zero-order valence-electron chi connectivity index (χ0n) is 12.2. The number of hydrogen-bond acceptors (Lipinski definition) is 4. The third kappa shape index (κ3) is 2.01. The lowest BCUT2D eigenvalue weighted by molar-refractivity contribution is -0.0521. The highest BCUT2D eigenvalue weighted by molar-refractivity contribution is 5.43. The summed E-state index contributed by atoms with van der Waals surface area (Å²) in [4.78, 5) is 0. The van der Waals surface area contributed by atoms with Gasteiger partial charge in [0.25, 0.3) is 0 Å². The molecule has 4 fully saturated rings. The molecule has 0 radical (unpaired) electrons. The Bertz CT molecular complexity index is 490. The Morgan fingerprint density at radius 2 is 1.75 bits per heavy atom. The van der Waals surface area contributed by atoms with Gasteiger partial charge in [-0.15, -0.1) is 5.10 Å². The first-order valence-electron chi connectivity index (χ1n) is 7.96. The molecule has 1 heterocycles. The first kappa shape index (κ1) is 12.6. The minimum Gasteiger partial charge on any atom is -0.307 e. The molecule has 0 saturated heterocycles. The molecular weight excluding hydrogens is 248 g/mol. The average Bonchev–Trinajstić information content (AvgIpc) is 2.36. The first-order valence-corrected chi connectivity index (χ1v) is 7.96. The van der Waals surface area contributed by atoms with E-state index >= 15 is 0 Å². The maximum Gasteiger partial charge on any atom is 0.165 e. The highest BCUT2D eigenvalue weighted by atomic mass is 15.3. The summed E-state index contributed by atoms with van der Waals surface area (Å²) in [5, 5.41) is 8.32. The van der Waals surface area contributed by atoms with Crippen molar-refractivity contribution in [1.29, 1.82) is 0 Å². The number of nitrogens with two attached hydrogens (primary N) is 1. The molecule has 0 atom stereocenters. The molecule has 0 aliphatic heterocycles. The molecule has 4 aliphatic carbocycles. The van der Waals surface area contributed by atoms with Gasteiger partial charge in [-0.05, 0) is 81.1 Å². The molecule has 4 saturated carbocycles. The smallest absolute Gasteiger partial charge is 0.165 e. The van der Waals surface area contributed by atoms with Crippen LogP contribution in [0.4, 0.5) is 5.82 Å². The van der Waals surface area contributed by atoms with Crippen LogP contribution < -0.4 is 11.3 Å². The zero-order chi connectivity index (χ0) is 13.7. The Hall–Kier alpha value is -1.16. The van der Waals surface area contributed by atoms with Crippen molar-refractivity contribution in [3.8, 4) is 0 Å². The molecule has 20 heavy (non-hydrogen) atoms. The SMILES string of the molecule is Cc1cc(CC23CC4CC(CC(C4)C2)C3)c(NN)nn1. The lowest BCUT2D eigenvalue weighted by atomic mass is 9.48. The normalized spacial score (nSPS) is 38.2. The predicted octanol–water partition coefficient (Wildman–Crippen LogP) is 2.83. The zero-order valence-corrected chi connectivity index (χ0v) is 12.2. The van der Waals surface area contributed by atoms with E-state index in [0.717, 1.165) is 35.7 Å². The van der Waals surface area contributed by atoms with E-state index in [1.165, 1.54) is 44.1 Å². The molecule has 1 aromatic heterocycles. The summed E-state index contributed by atoms with van der Waals surface area (Å²) in [6.07, 6.45) is 9.88. The Kier molecular flexibility index (Phi) is 2.78. The van der Waals surface area contributed by atoms with Crippen LogP contribution in [-0.2, 0) is 6.42 Å². The van der Waals surface area contributed by atoms with Crippen LogP contribution in [0.5, 0.6) is 0 Å². The molecule has 4 bridgehead atoms. The van der Waals surface area contributed by atoms with Crippen molar-refractivity contribution < 1.29 is 0 Å². The molecule has 5 rings (SSSR count). The van der Waals surface area contributed by atoms with Crippen molar-refractivity contribution in [2.24, 2.45) is 29.0 Å². The number of nitrogens with zero attached hydrogens (tertiary/aromatic N) is 2. The highest BCUT2D eigenvalue weighted by Crippen LogP contribution is 2.61. The maximum atomic E-state index is 5.62. The van der Waals surface area contributed by atoms with Crippen molar-refractivity contribution in [2.45, 2.75) is 51.9 Å². The van der Waals surface area contributed by atoms with Crippen LogP contribution in [-0.4, -0.2) is 10.2 Å². The second-order valence-electron chi connectivity index (χ2n) is 7.60. The summed E-state index contributed by atoms with van der Waals surface area (Å²) in [7, 11) is 0. The Morgan fingerprint density at radius 1 is 1.15 bits per heavy atom. The fraction of sp³-hybridized carbons (Fsp3) is 0.750. The van der Waals surface area contributed by atoms with E-state index in [2.05, 4.69) is 21.7 Å². The van der Waals surface area contributed by atoms with Crippen LogP contribution in [0.25, 0.3) is 0 Å². The van der Waals surface area contributed by atoms with E-state index in [0.29, 0.717) is 5.41 Å². The summed E-state index contributed by atoms with van der Waals surface area (Å²) < 4.78 is 0. The van der Waals surface area contributed by atoms with Crippen LogP contribution in [0, 0.1) is 30.1 Å². The van der Waals surface area contributed by atoms with Gasteiger partial charge in [0.15, 0.2) is 5.82 Å². The molecular formula is C16H24N4. The van der Waals surface area contributed by atoms with Crippen molar-refractivity contribution in [2.75, 3.05) is 5.43 Å². The van der Waals surface area contributed by atoms with E-state index in [1.807, 2.05) is 6.92 Å². The van der Waals surface area contributed by atoms with Crippen LogP contribution in [0.2, 0.25) is 0 Å². The minimum absolute atomic E-state index is 0.524. The van der Waals surface area contributed by atoms with Gasteiger partial charge in [-0.3, -0.25) is 0 Å². The molecule has 0 unspecified atom stereocenters. The van der Waals surface area contributed by atoms with Gasteiger partial charge in [0, 0.05) is 5.56 Å². The number of hydrazine groups is 1. The first-order chi connectivity index (χ1) is 9.66. The number of nitrogens with one attached hydrogen (secondary N) is 1. The quantitative estimate of drug-likeness (QED) is 0.656. The van der Waals surface area contributed by atoms with Gasteiger partial charge in [-0.25, -0.2) is 5.84 Å². The molecule has 0 amide bonds. The summed E-state index contributed by atoms with van der Waals surface area (Å²) >= 11 is 0. The predicted molar refractivity (Wildman–Crippen MR) is 78.9 cm³/mol. The molecule has 0 spiro atoms. The van der Waals surface area contributed by atoms with Crippen LogP contribution in [0.1, 0.15) is 49.8 Å². The lowest BCUT2D eigenvalue weighted by Crippen LogP contribution is -2.47. The van der Waals surface area contributed by atoms with E-state index in [-0.39, 0.29) is 0 Å². The van der Waals surface area contributed by atoms with Gasteiger partial charge >= 0.3 is 0 Å². The summed E-state index contributed by atoms with van der Waals surface area (Å²) in [6.45, 7) is 2.01. The van der Waals surface area contributed by atoms with Crippen molar-refractivity contribution >= 4 is 5.82 Å². The number of hydrogen-bond donors (Lipinski definition) is 2.